The number of hydrogen-bond donors (Lipinski definition) is 1. The first-order chi connectivity index (χ1) is 17.1. The number of nitrogens with zero attached hydrogens (tertiary/aromatic N) is 5. The summed E-state index contributed by atoms with van der Waals surface area (Å²) in [5, 5.41) is 14.4. The average molecular weight is 475 g/mol. The number of aryl methyl sites for hydroxylation is 1. The van der Waals surface area contributed by atoms with Crippen molar-refractivity contribution in [2.45, 2.75) is 96.1 Å². The predicted molar refractivity (Wildman–Crippen MR) is 137 cm³/mol. The zero-order chi connectivity index (χ0) is 23.8. The van der Waals surface area contributed by atoms with Crippen molar-refractivity contribution >= 4 is 10.9 Å². The molecule has 3 aromatic rings. The Morgan fingerprint density at radius 1 is 1.03 bits per heavy atom. The molecule has 0 radical (unpaired) electrons. The van der Waals surface area contributed by atoms with Gasteiger partial charge in [0.1, 0.15) is 6.04 Å². The lowest BCUT2D eigenvalue weighted by Gasteiger charge is -2.47. The highest BCUT2D eigenvalue weighted by Gasteiger charge is 2.41. The van der Waals surface area contributed by atoms with Gasteiger partial charge in [-0.15, -0.1) is 5.10 Å². The Morgan fingerprint density at radius 2 is 1.80 bits per heavy atom. The summed E-state index contributed by atoms with van der Waals surface area (Å²) in [4.78, 5) is 19.4. The Hall–Kier alpha value is -2.54. The van der Waals surface area contributed by atoms with E-state index >= 15 is 0 Å². The number of piperidine rings is 1. The Labute approximate surface area is 207 Å². The Morgan fingerprint density at radius 3 is 2.63 bits per heavy atom. The number of aromatic amines is 1. The van der Waals surface area contributed by atoms with Crippen LogP contribution in [-0.2, 0) is 0 Å². The highest BCUT2D eigenvalue weighted by atomic mass is 16.1. The smallest absolute Gasteiger partial charge is 0.253 e. The van der Waals surface area contributed by atoms with E-state index in [9.17, 15) is 4.79 Å². The predicted octanol–water partition coefficient (Wildman–Crippen LogP) is 5.46. The number of tetrazole rings is 1. The van der Waals surface area contributed by atoms with Crippen molar-refractivity contribution in [1.82, 2.24) is 30.1 Å². The molecular weight excluding hydrogens is 436 g/mol. The third kappa shape index (κ3) is 4.32. The molecule has 0 bridgehead atoms. The largest absolute Gasteiger partial charge is 0.321 e. The van der Waals surface area contributed by atoms with E-state index in [0.717, 1.165) is 53.8 Å². The molecular formula is C28H38N6O. The van der Waals surface area contributed by atoms with Gasteiger partial charge in [0.25, 0.3) is 5.56 Å². The molecule has 7 heteroatoms. The summed E-state index contributed by atoms with van der Waals surface area (Å²) in [6, 6.07) is 8.43. The zero-order valence-electron chi connectivity index (χ0n) is 21.0. The molecule has 0 amide bonds. The summed E-state index contributed by atoms with van der Waals surface area (Å²) < 4.78 is 2.08. The summed E-state index contributed by atoms with van der Waals surface area (Å²) in [7, 11) is 0. The Balaban J connectivity index is 1.47. The minimum atomic E-state index is -0.223. The van der Waals surface area contributed by atoms with Gasteiger partial charge in [-0.05, 0) is 84.9 Å². The topological polar surface area (TPSA) is 79.7 Å². The fraction of sp³-hybridized carbons (Fsp3) is 0.643. The summed E-state index contributed by atoms with van der Waals surface area (Å²) in [5.41, 5.74) is 3.15. The number of likely N-dealkylation sites (tertiary alicyclic amines) is 1. The number of para-hydroxylation sites is 1. The van der Waals surface area contributed by atoms with Crippen LogP contribution in [0.15, 0.2) is 29.1 Å². The van der Waals surface area contributed by atoms with E-state index in [1.165, 1.54) is 64.2 Å². The molecule has 186 valence electrons. The van der Waals surface area contributed by atoms with Crippen LogP contribution < -0.4 is 5.56 Å². The molecule has 3 fully saturated rings. The lowest BCUT2D eigenvalue weighted by atomic mass is 9.69. The van der Waals surface area contributed by atoms with Gasteiger partial charge in [-0.3, -0.25) is 9.69 Å². The third-order valence-electron chi connectivity index (χ3n) is 9.07. The molecule has 1 saturated heterocycles. The van der Waals surface area contributed by atoms with Crippen LogP contribution in [0.3, 0.4) is 0 Å². The molecule has 1 N–H and O–H groups in total. The summed E-state index contributed by atoms with van der Waals surface area (Å²) in [6.45, 7) is 4.06. The fourth-order valence-electron chi connectivity index (χ4n) is 7.25. The van der Waals surface area contributed by atoms with Gasteiger partial charge in [-0.2, -0.15) is 0 Å². The van der Waals surface area contributed by atoms with Crippen LogP contribution >= 0.6 is 0 Å². The second kappa shape index (κ2) is 9.49. The van der Waals surface area contributed by atoms with Crippen LogP contribution in [0.5, 0.6) is 0 Å². The standard InChI is InChI=1S/C28H38N6O/c1-20-10-8-11-21-18-23(27(35)29-24(20)21)25(26-30-31-32-34(26)22-12-4-2-5-13-22)33-17-9-16-28(19-33)14-6-3-7-15-28/h8,10-11,18,22,25H,2-7,9,12-17,19H2,1H3,(H,29,35)/t25-/m0/s1. The van der Waals surface area contributed by atoms with E-state index in [1.54, 1.807) is 0 Å². The molecule has 3 aliphatic rings. The molecule has 7 nitrogen and oxygen atoms in total. The monoisotopic (exact) mass is 474 g/mol. The molecule has 0 unspecified atom stereocenters. The first kappa shape index (κ1) is 22.9. The molecule has 2 saturated carbocycles. The lowest BCUT2D eigenvalue weighted by Crippen LogP contribution is -2.47. The maximum absolute atomic E-state index is 13.7. The van der Waals surface area contributed by atoms with Gasteiger partial charge in [-0.25, -0.2) is 4.68 Å². The van der Waals surface area contributed by atoms with E-state index in [2.05, 4.69) is 61.3 Å². The van der Waals surface area contributed by atoms with Crippen molar-refractivity contribution in [2.75, 3.05) is 13.1 Å². The third-order valence-corrected chi connectivity index (χ3v) is 9.07. The van der Waals surface area contributed by atoms with Crippen molar-refractivity contribution in [3.8, 4) is 0 Å². The SMILES string of the molecule is Cc1cccc2cc([C@@H](c3nnnn3C3CCCCC3)N3CCCC4(CCCCC4)C3)c(=O)[nH]c12. The number of nitrogens with one attached hydrogen (secondary N) is 1. The zero-order valence-corrected chi connectivity index (χ0v) is 21.0. The number of aromatic nitrogens is 5. The van der Waals surface area contributed by atoms with Gasteiger partial charge in [0.05, 0.1) is 11.6 Å². The van der Waals surface area contributed by atoms with Crippen LogP contribution in [0, 0.1) is 12.3 Å². The number of pyridine rings is 1. The van der Waals surface area contributed by atoms with Crippen molar-refractivity contribution in [1.29, 1.82) is 0 Å². The van der Waals surface area contributed by atoms with E-state index < -0.39 is 0 Å². The normalized spacial score (nSPS) is 22.5. The molecule has 1 atom stereocenters. The minimum Gasteiger partial charge on any atom is -0.321 e. The molecule has 35 heavy (non-hydrogen) atoms. The Kier molecular flexibility index (Phi) is 6.21. The van der Waals surface area contributed by atoms with Gasteiger partial charge in [0.15, 0.2) is 5.82 Å². The molecule has 1 aromatic carbocycles. The maximum Gasteiger partial charge on any atom is 0.253 e. The van der Waals surface area contributed by atoms with Crippen molar-refractivity contribution in [3.05, 3.63) is 51.6 Å². The van der Waals surface area contributed by atoms with Gasteiger partial charge in [-0.1, -0.05) is 56.7 Å². The lowest BCUT2D eigenvalue weighted by molar-refractivity contribution is 0.0332. The molecule has 3 heterocycles. The minimum absolute atomic E-state index is 0.0155. The number of benzene rings is 1. The van der Waals surface area contributed by atoms with Gasteiger partial charge >= 0.3 is 0 Å². The van der Waals surface area contributed by atoms with Crippen molar-refractivity contribution < 1.29 is 0 Å². The van der Waals surface area contributed by atoms with E-state index in [1.807, 2.05) is 0 Å². The van der Waals surface area contributed by atoms with Crippen molar-refractivity contribution in [3.63, 3.8) is 0 Å². The first-order valence-electron chi connectivity index (χ1n) is 13.8. The Bertz CT molecular complexity index is 1230. The fourth-order valence-corrected chi connectivity index (χ4v) is 7.25. The first-order valence-corrected chi connectivity index (χ1v) is 13.8. The second-order valence-corrected chi connectivity index (χ2v) is 11.4. The van der Waals surface area contributed by atoms with E-state index in [0.29, 0.717) is 11.5 Å². The van der Waals surface area contributed by atoms with Crippen LogP contribution in [-0.4, -0.2) is 43.2 Å². The van der Waals surface area contributed by atoms with E-state index in [4.69, 9.17) is 0 Å². The maximum atomic E-state index is 13.7. The summed E-state index contributed by atoms with van der Waals surface area (Å²) in [5.74, 6) is 0.849. The van der Waals surface area contributed by atoms with Crippen LogP contribution in [0.1, 0.15) is 106 Å². The number of fused-ring (bicyclic) bond motifs is 1. The molecule has 1 aliphatic heterocycles. The van der Waals surface area contributed by atoms with E-state index in [-0.39, 0.29) is 11.6 Å². The molecule has 1 spiro atoms. The average Bonchev–Trinajstić information content (AvgIpc) is 3.36. The molecule has 2 aromatic heterocycles. The number of H-pyrrole nitrogens is 1. The highest BCUT2D eigenvalue weighted by Crippen LogP contribution is 2.46. The van der Waals surface area contributed by atoms with Crippen LogP contribution in [0.4, 0.5) is 0 Å². The second-order valence-electron chi connectivity index (χ2n) is 11.4. The van der Waals surface area contributed by atoms with Gasteiger partial charge in [0.2, 0.25) is 0 Å². The summed E-state index contributed by atoms with van der Waals surface area (Å²) in [6.07, 6.45) is 15.0. The molecule has 6 rings (SSSR count). The highest BCUT2D eigenvalue weighted by molar-refractivity contribution is 5.82. The van der Waals surface area contributed by atoms with Gasteiger partial charge in [0, 0.05) is 12.1 Å². The van der Waals surface area contributed by atoms with Crippen LogP contribution in [0.2, 0.25) is 0 Å². The quantitative estimate of drug-likeness (QED) is 0.543. The summed E-state index contributed by atoms with van der Waals surface area (Å²) >= 11 is 0. The number of hydrogen-bond acceptors (Lipinski definition) is 5. The number of rotatable bonds is 4. The molecule has 2 aliphatic carbocycles. The van der Waals surface area contributed by atoms with Crippen LogP contribution in [0.25, 0.3) is 10.9 Å². The van der Waals surface area contributed by atoms with Gasteiger partial charge < -0.3 is 4.98 Å². The van der Waals surface area contributed by atoms with Crippen molar-refractivity contribution in [2.24, 2.45) is 5.41 Å².